The van der Waals surface area contributed by atoms with Gasteiger partial charge in [0.15, 0.2) is 0 Å². The Kier molecular flexibility index (Phi) is 6.47. The van der Waals surface area contributed by atoms with Gasteiger partial charge in [0.25, 0.3) is 0 Å². The van der Waals surface area contributed by atoms with Gasteiger partial charge in [-0.25, -0.2) is 4.98 Å². The second kappa shape index (κ2) is 11.0. The molecule has 208 valence electrons. The molecule has 6 aromatic carbocycles. The molecule has 3 heteroatoms. The van der Waals surface area contributed by atoms with Crippen molar-refractivity contribution in [1.82, 2.24) is 9.55 Å². The highest BCUT2D eigenvalue weighted by Gasteiger charge is 2.18. The molecule has 0 atom stereocenters. The molecule has 2 heterocycles. The van der Waals surface area contributed by atoms with E-state index < -0.39 is 0 Å². The summed E-state index contributed by atoms with van der Waals surface area (Å²) in [5.74, 6) is 0.860. The average molecular weight is 564 g/mol. The van der Waals surface area contributed by atoms with Crippen molar-refractivity contribution in [3.05, 3.63) is 176 Å². The Morgan fingerprint density at radius 1 is 0.409 bits per heavy atom. The average Bonchev–Trinajstić information content (AvgIpc) is 3.44. The van der Waals surface area contributed by atoms with Gasteiger partial charge in [-0.15, -0.1) is 0 Å². The number of rotatable bonds is 6. The maximum absolute atomic E-state index is 5.01. The first-order valence-corrected chi connectivity index (χ1v) is 14.9. The highest BCUT2D eigenvalue weighted by atomic mass is 15.2. The number of anilines is 3. The van der Waals surface area contributed by atoms with Gasteiger partial charge in [-0.3, -0.25) is 4.90 Å². The van der Waals surface area contributed by atoms with Crippen LogP contribution in [0, 0.1) is 0 Å². The van der Waals surface area contributed by atoms with E-state index in [1.807, 2.05) is 12.3 Å². The Balaban J connectivity index is 1.30. The van der Waals surface area contributed by atoms with E-state index in [4.69, 9.17) is 4.98 Å². The number of para-hydroxylation sites is 2. The summed E-state index contributed by atoms with van der Waals surface area (Å²) >= 11 is 0. The van der Waals surface area contributed by atoms with Gasteiger partial charge in [-0.2, -0.15) is 0 Å². The molecule has 0 radical (unpaired) electrons. The fourth-order valence-electron chi connectivity index (χ4n) is 6.12. The van der Waals surface area contributed by atoms with Crippen molar-refractivity contribution in [3.63, 3.8) is 0 Å². The molecule has 2 aromatic heterocycles. The Morgan fingerprint density at radius 3 is 1.64 bits per heavy atom. The monoisotopic (exact) mass is 563 g/mol. The Morgan fingerprint density at radius 2 is 0.955 bits per heavy atom. The van der Waals surface area contributed by atoms with Crippen LogP contribution in [0.25, 0.3) is 49.7 Å². The number of aromatic nitrogens is 2. The molecule has 0 fully saturated rings. The van der Waals surface area contributed by atoms with Crippen LogP contribution >= 0.6 is 0 Å². The first-order chi connectivity index (χ1) is 21.8. The van der Waals surface area contributed by atoms with Crippen LogP contribution in [0.15, 0.2) is 176 Å². The lowest BCUT2D eigenvalue weighted by atomic mass is 10.0. The third-order valence-electron chi connectivity index (χ3n) is 8.25. The maximum Gasteiger partial charge on any atom is 0.137 e. The van der Waals surface area contributed by atoms with Crippen LogP contribution in [0.5, 0.6) is 0 Å². The molecular formula is C41H29N3. The van der Waals surface area contributed by atoms with E-state index in [2.05, 4.69) is 173 Å². The largest absolute Gasteiger partial charge is 0.309 e. The summed E-state index contributed by atoms with van der Waals surface area (Å²) in [6.45, 7) is 0. The van der Waals surface area contributed by atoms with Crippen LogP contribution in [0.1, 0.15) is 0 Å². The van der Waals surface area contributed by atoms with Crippen LogP contribution in [0.3, 0.4) is 0 Å². The molecule has 0 spiro atoms. The topological polar surface area (TPSA) is 21.1 Å². The van der Waals surface area contributed by atoms with Gasteiger partial charge in [0, 0.05) is 39.6 Å². The van der Waals surface area contributed by atoms with E-state index in [0.717, 1.165) is 39.5 Å². The third-order valence-corrected chi connectivity index (χ3v) is 8.25. The molecule has 0 saturated carbocycles. The minimum absolute atomic E-state index is 0.860. The number of benzene rings is 6. The molecule has 44 heavy (non-hydrogen) atoms. The molecule has 0 bridgehead atoms. The number of pyridine rings is 1. The van der Waals surface area contributed by atoms with E-state index in [1.54, 1.807) is 0 Å². The second-order valence-corrected chi connectivity index (χ2v) is 10.9. The van der Waals surface area contributed by atoms with Crippen molar-refractivity contribution >= 4 is 39.0 Å². The lowest BCUT2D eigenvalue weighted by molar-refractivity contribution is 1.16. The molecule has 8 rings (SSSR count). The summed E-state index contributed by atoms with van der Waals surface area (Å²) in [4.78, 5) is 7.26. The first kappa shape index (κ1) is 25.8. The predicted octanol–water partition coefficient (Wildman–Crippen LogP) is 11.0. The summed E-state index contributed by atoms with van der Waals surface area (Å²) in [6, 6.07) is 59.9. The number of hydrogen-bond donors (Lipinski definition) is 0. The van der Waals surface area contributed by atoms with E-state index in [9.17, 15) is 0 Å². The summed E-state index contributed by atoms with van der Waals surface area (Å²) < 4.78 is 2.36. The maximum atomic E-state index is 5.01. The van der Waals surface area contributed by atoms with Crippen LogP contribution in [0.2, 0.25) is 0 Å². The molecule has 0 aliphatic heterocycles. The zero-order valence-corrected chi connectivity index (χ0v) is 24.1. The van der Waals surface area contributed by atoms with E-state index in [0.29, 0.717) is 0 Å². The SMILES string of the molecule is c1ccc(-c2ccc(N(c3ccc4c5ccccc5n(-c5ccccc5)c4c3)c3ccc(-c4ccccc4)cn3)cc2)cc1. The molecule has 0 aliphatic carbocycles. The zero-order valence-electron chi connectivity index (χ0n) is 24.1. The summed E-state index contributed by atoms with van der Waals surface area (Å²) in [5, 5.41) is 2.46. The van der Waals surface area contributed by atoms with Crippen LogP contribution in [-0.2, 0) is 0 Å². The minimum Gasteiger partial charge on any atom is -0.309 e. The predicted molar refractivity (Wildman–Crippen MR) is 184 cm³/mol. The van der Waals surface area contributed by atoms with Crippen molar-refractivity contribution in [1.29, 1.82) is 0 Å². The highest BCUT2D eigenvalue weighted by molar-refractivity contribution is 6.10. The standard InChI is InChI=1S/C41H29N3/c1-4-12-30(13-5-1)32-20-23-35(24-21-32)43(41-27-22-33(29-42-41)31-14-6-2-7-15-31)36-25-26-38-37-18-10-11-19-39(37)44(40(38)28-36)34-16-8-3-9-17-34/h1-29H. The molecule has 8 aromatic rings. The lowest BCUT2D eigenvalue weighted by Crippen LogP contribution is -2.11. The molecule has 0 N–H and O–H groups in total. The van der Waals surface area contributed by atoms with Gasteiger partial charge in [0.1, 0.15) is 5.82 Å². The van der Waals surface area contributed by atoms with E-state index >= 15 is 0 Å². The van der Waals surface area contributed by atoms with Crippen LogP contribution in [0.4, 0.5) is 17.2 Å². The normalized spacial score (nSPS) is 11.2. The smallest absolute Gasteiger partial charge is 0.137 e. The second-order valence-electron chi connectivity index (χ2n) is 10.9. The fourth-order valence-corrected chi connectivity index (χ4v) is 6.12. The summed E-state index contributed by atoms with van der Waals surface area (Å²) in [5.41, 5.74) is 10.2. The molecule has 0 amide bonds. The highest BCUT2D eigenvalue weighted by Crippen LogP contribution is 2.39. The fraction of sp³-hybridized carbons (Fsp3) is 0. The van der Waals surface area contributed by atoms with Gasteiger partial charge in [0.2, 0.25) is 0 Å². The lowest BCUT2D eigenvalue weighted by Gasteiger charge is -2.25. The number of fused-ring (bicyclic) bond motifs is 3. The van der Waals surface area contributed by atoms with Crippen LogP contribution in [-0.4, -0.2) is 9.55 Å². The quantitative estimate of drug-likeness (QED) is 0.201. The zero-order chi connectivity index (χ0) is 29.3. The summed E-state index contributed by atoms with van der Waals surface area (Å²) in [6.07, 6.45) is 1.97. The van der Waals surface area contributed by atoms with Crippen molar-refractivity contribution in [2.75, 3.05) is 4.90 Å². The third kappa shape index (κ3) is 4.61. The molecule has 0 aliphatic rings. The minimum atomic E-state index is 0.860. The van der Waals surface area contributed by atoms with Gasteiger partial charge >= 0.3 is 0 Å². The number of nitrogens with zero attached hydrogens (tertiary/aromatic N) is 3. The van der Waals surface area contributed by atoms with Crippen molar-refractivity contribution < 1.29 is 0 Å². The van der Waals surface area contributed by atoms with Crippen molar-refractivity contribution in [2.45, 2.75) is 0 Å². The van der Waals surface area contributed by atoms with Crippen molar-refractivity contribution in [3.8, 4) is 27.9 Å². The first-order valence-electron chi connectivity index (χ1n) is 14.9. The van der Waals surface area contributed by atoms with E-state index in [-0.39, 0.29) is 0 Å². The molecule has 0 saturated heterocycles. The molecule has 3 nitrogen and oxygen atoms in total. The Bertz CT molecular complexity index is 2100. The van der Waals surface area contributed by atoms with E-state index in [1.165, 1.54) is 27.4 Å². The Labute approximate surface area is 256 Å². The van der Waals surface area contributed by atoms with Gasteiger partial charge < -0.3 is 4.57 Å². The molecule has 0 unspecified atom stereocenters. The van der Waals surface area contributed by atoms with Gasteiger partial charge in [-0.1, -0.05) is 115 Å². The Hall–Kier alpha value is -5.93. The summed E-state index contributed by atoms with van der Waals surface area (Å²) in [7, 11) is 0. The molecular weight excluding hydrogens is 534 g/mol. The van der Waals surface area contributed by atoms with Crippen LogP contribution < -0.4 is 4.90 Å². The van der Waals surface area contributed by atoms with Gasteiger partial charge in [0.05, 0.1) is 11.0 Å². The number of hydrogen-bond acceptors (Lipinski definition) is 2. The van der Waals surface area contributed by atoms with Crippen molar-refractivity contribution in [2.24, 2.45) is 0 Å². The van der Waals surface area contributed by atoms with Gasteiger partial charge in [-0.05, 0) is 71.3 Å².